The van der Waals surface area contributed by atoms with E-state index in [2.05, 4.69) is 0 Å². The van der Waals surface area contributed by atoms with Crippen LogP contribution < -0.4 is 0 Å². The molecular formula is C11H19NO4. The van der Waals surface area contributed by atoms with Crippen LogP contribution in [0.15, 0.2) is 12.2 Å². The van der Waals surface area contributed by atoms with Crippen LogP contribution in [-0.2, 0) is 14.3 Å². The number of carboxylic acid groups (broad SMARTS) is 1. The third-order valence-corrected chi connectivity index (χ3v) is 2.31. The van der Waals surface area contributed by atoms with Crippen LogP contribution in [0.4, 0.5) is 0 Å². The summed E-state index contributed by atoms with van der Waals surface area (Å²) in [6, 6.07) is 0.0705. The Balaban J connectivity index is 4.48. The van der Waals surface area contributed by atoms with Crippen LogP contribution in [-0.4, -0.2) is 48.2 Å². The van der Waals surface area contributed by atoms with E-state index in [4.69, 9.17) is 9.84 Å². The Hall–Kier alpha value is -1.36. The third kappa shape index (κ3) is 5.50. The molecule has 0 aromatic heterocycles. The lowest BCUT2D eigenvalue weighted by atomic mass is 10.2. The molecule has 1 amide bonds. The molecule has 0 rings (SSSR count). The van der Waals surface area contributed by atoms with Gasteiger partial charge in [0.15, 0.2) is 0 Å². The van der Waals surface area contributed by atoms with Gasteiger partial charge in [0.1, 0.15) is 0 Å². The van der Waals surface area contributed by atoms with Crippen molar-refractivity contribution in [1.82, 2.24) is 4.90 Å². The highest BCUT2D eigenvalue weighted by molar-refractivity contribution is 5.94. The summed E-state index contributed by atoms with van der Waals surface area (Å²) in [6.07, 6.45) is 2.74. The van der Waals surface area contributed by atoms with E-state index in [0.717, 1.165) is 18.6 Å². The Morgan fingerprint density at radius 1 is 1.44 bits per heavy atom. The van der Waals surface area contributed by atoms with Crippen LogP contribution in [0.25, 0.3) is 0 Å². The predicted molar refractivity (Wildman–Crippen MR) is 60.1 cm³/mol. The van der Waals surface area contributed by atoms with Crippen molar-refractivity contribution in [2.75, 3.05) is 20.3 Å². The Kier molecular flexibility index (Phi) is 7.20. The highest BCUT2D eigenvalue weighted by atomic mass is 16.5. The molecule has 5 heteroatoms. The molecular weight excluding hydrogens is 210 g/mol. The predicted octanol–water partition coefficient (Wildman–Crippen LogP) is 0.901. The molecule has 1 atom stereocenters. The first kappa shape index (κ1) is 14.6. The standard InChI is InChI=1S/C11H19NO4/c1-4-9(2)12(7-8-16-3)10(13)5-6-11(14)15/h5-6,9H,4,7-8H2,1-3H3,(H,14,15). The monoisotopic (exact) mass is 229 g/mol. The number of carbonyl (C=O) groups is 2. The van der Waals surface area contributed by atoms with Gasteiger partial charge in [-0.15, -0.1) is 0 Å². The summed E-state index contributed by atoms with van der Waals surface area (Å²) < 4.78 is 4.91. The van der Waals surface area contributed by atoms with E-state index in [1.165, 1.54) is 0 Å². The zero-order valence-corrected chi connectivity index (χ0v) is 9.97. The van der Waals surface area contributed by atoms with Gasteiger partial charge in [-0.3, -0.25) is 4.79 Å². The molecule has 0 aromatic carbocycles. The van der Waals surface area contributed by atoms with Gasteiger partial charge in [0.2, 0.25) is 5.91 Å². The van der Waals surface area contributed by atoms with E-state index in [1.54, 1.807) is 12.0 Å². The van der Waals surface area contributed by atoms with E-state index in [1.807, 2.05) is 13.8 Å². The zero-order chi connectivity index (χ0) is 12.6. The first-order valence-electron chi connectivity index (χ1n) is 5.23. The van der Waals surface area contributed by atoms with E-state index in [-0.39, 0.29) is 11.9 Å². The second kappa shape index (κ2) is 7.87. The fourth-order valence-corrected chi connectivity index (χ4v) is 1.20. The number of hydrogen-bond donors (Lipinski definition) is 1. The van der Waals surface area contributed by atoms with E-state index < -0.39 is 5.97 Å². The van der Waals surface area contributed by atoms with E-state index in [9.17, 15) is 9.59 Å². The van der Waals surface area contributed by atoms with Crippen molar-refractivity contribution in [3.63, 3.8) is 0 Å². The number of rotatable bonds is 7. The molecule has 0 aromatic rings. The fraction of sp³-hybridized carbons (Fsp3) is 0.636. The highest BCUT2D eigenvalue weighted by Gasteiger charge is 2.16. The molecule has 0 aliphatic carbocycles. The summed E-state index contributed by atoms with van der Waals surface area (Å²) in [5.41, 5.74) is 0. The molecule has 0 aliphatic rings. The number of nitrogens with zero attached hydrogens (tertiary/aromatic N) is 1. The van der Waals surface area contributed by atoms with Gasteiger partial charge in [-0.2, -0.15) is 0 Å². The highest BCUT2D eigenvalue weighted by Crippen LogP contribution is 2.04. The number of ether oxygens (including phenoxy) is 1. The van der Waals surface area contributed by atoms with Gasteiger partial charge >= 0.3 is 5.97 Å². The third-order valence-electron chi connectivity index (χ3n) is 2.31. The van der Waals surface area contributed by atoms with Crippen molar-refractivity contribution in [2.45, 2.75) is 26.3 Å². The summed E-state index contributed by atoms with van der Waals surface area (Å²) >= 11 is 0. The first-order chi connectivity index (χ1) is 7.52. The average Bonchev–Trinajstić information content (AvgIpc) is 2.26. The molecule has 92 valence electrons. The molecule has 0 fully saturated rings. The van der Waals surface area contributed by atoms with Crippen molar-refractivity contribution in [1.29, 1.82) is 0 Å². The van der Waals surface area contributed by atoms with Gasteiger partial charge in [0, 0.05) is 31.8 Å². The fourth-order valence-electron chi connectivity index (χ4n) is 1.20. The molecule has 0 saturated carbocycles. The van der Waals surface area contributed by atoms with Crippen molar-refractivity contribution < 1.29 is 19.4 Å². The average molecular weight is 229 g/mol. The van der Waals surface area contributed by atoms with Crippen molar-refractivity contribution >= 4 is 11.9 Å². The summed E-state index contributed by atoms with van der Waals surface area (Å²) in [4.78, 5) is 23.6. The summed E-state index contributed by atoms with van der Waals surface area (Å²) in [7, 11) is 1.56. The Morgan fingerprint density at radius 2 is 2.06 bits per heavy atom. The van der Waals surface area contributed by atoms with Crippen LogP contribution in [0.3, 0.4) is 0 Å². The molecule has 16 heavy (non-hydrogen) atoms. The number of methoxy groups -OCH3 is 1. The summed E-state index contributed by atoms with van der Waals surface area (Å²) in [6.45, 7) is 4.80. The van der Waals surface area contributed by atoms with Crippen LogP contribution in [0, 0.1) is 0 Å². The van der Waals surface area contributed by atoms with Gasteiger partial charge in [0.05, 0.1) is 6.61 Å². The van der Waals surface area contributed by atoms with Gasteiger partial charge in [-0.05, 0) is 13.3 Å². The maximum Gasteiger partial charge on any atom is 0.328 e. The Labute approximate surface area is 95.7 Å². The maximum absolute atomic E-state index is 11.7. The minimum atomic E-state index is -1.12. The number of carbonyl (C=O) groups excluding carboxylic acids is 1. The topological polar surface area (TPSA) is 66.8 Å². The van der Waals surface area contributed by atoms with Crippen molar-refractivity contribution in [3.05, 3.63) is 12.2 Å². The summed E-state index contributed by atoms with van der Waals surface area (Å²) in [5.74, 6) is -1.42. The second-order valence-electron chi connectivity index (χ2n) is 3.45. The molecule has 0 spiro atoms. The number of aliphatic carboxylic acids is 1. The van der Waals surface area contributed by atoms with Crippen molar-refractivity contribution in [2.24, 2.45) is 0 Å². The van der Waals surface area contributed by atoms with Gasteiger partial charge in [-0.1, -0.05) is 6.92 Å². The van der Waals surface area contributed by atoms with Crippen molar-refractivity contribution in [3.8, 4) is 0 Å². The number of hydrogen-bond acceptors (Lipinski definition) is 3. The van der Waals surface area contributed by atoms with E-state index in [0.29, 0.717) is 13.2 Å². The lowest BCUT2D eigenvalue weighted by Crippen LogP contribution is -2.39. The minimum absolute atomic E-state index is 0.0705. The van der Waals surface area contributed by atoms with Gasteiger partial charge in [0.25, 0.3) is 0 Å². The molecule has 5 nitrogen and oxygen atoms in total. The number of amides is 1. The van der Waals surface area contributed by atoms with Crippen LogP contribution in [0.2, 0.25) is 0 Å². The van der Waals surface area contributed by atoms with Gasteiger partial charge < -0.3 is 14.7 Å². The lowest BCUT2D eigenvalue weighted by molar-refractivity contribution is -0.133. The SMILES string of the molecule is CCC(C)N(CCOC)C(=O)C=CC(=O)O. The number of carboxylic acids is 1. The van der Waals surface area contributed by atoms with E-state index >= 15 is 0 Å². The van der Waals surface area contributed by atoms with Crippen LogP contribution in [0.5, 0.6) is 0 Å². The smallest absolute Gasteiger partial charge is 0.328 e. The zero-order valence-electron chi connectivity index (χ0n) is 9.97. The second-order valence-corrected chi connectivity index (χ2v) is 3.45. The van der Waals surface area contributed by atoms with Crippen LogP contribution in [0.1, 0.15) is 20.3 Å². The molecule has 0 radical (unpaired) electrons. The Bertz CT molecular complexity index is 263. The minimum Gasteiger partial charge on any atom is -0.478 e. The maximum atomic E-state index is 11.7. The normalized spacial score (nSPS) is 12.7. The molecule has 0 heterocycles. The Morgan fingerprint density at radius 3 is 2.50 bits per heavy atom. The quantitative estimate of drug-likeness (QED) is 0.659. The van der Waals surface area contributed by atoms with Crippen LogP contribution >= 0.6 is 0 Å². The lowest BCUT2D eigenvalue weighted by Gasteiger charge is -2.27. The molecule has 0 saturated heterocycles. The molecule has 1 unspecified atom stereocenters. The largest absolute Gasteiger partial charge is 0.478 e. The summed E-state index contributed by atoms with van der Waals surface area (Å²) in [5, 5.41) is 8.43. The van der Waals surface area contributed by atoms with Gasteiger partial charge in [-0.25, -0.2) is 4.79 Å². The molecule has 0 bridgehead atoms. The first-order valence-corrected chi connectivity index (χ1v) is 5.23. The molecule has 0 aliphatic heterocycles. The molecule has 1 N–H and O–H groups in total.